The van der Waals surface area contributed by atoms with Crippen molar-refractivity contribution in [1.82, 2.24) is 4.98 Å². The van der Waals surface area contributed by atoms with Crippen LogP contribution in [-0.4, -0.2) is 13.1 Å². The van der Waals surface area contributed by atoms with E-state index in [0.29, 0.717) is 5.19 Å². The Morgan fingerprint density at radius 3 is 2.55 bits per heavy atom. The van der Waals surface area contributed by atoms with Crippen molar-refractivity contribution in [2.45, 2.75) is 33.3 Å². The summed E-state index contributed by atoms with van der Waals surface area (Å²) >= 11 is 0. The molecule has 0 bridgehead atoms. The van der Waals surface area contributed by atoms with Crippen LogP contribution in [0.5, 0.6) is 0 Å². The molecule has 2 rings (SSSR count). The fourth-order valence-electron chi connectivity index (χ4n) is 1.86. The number of nitrogens with zero attached hydrogens (tertiary/aromatic N) is 1. The minimum atomic E-state index is -2.44. The first kappa shape index (κ1) is 9.99. The van der Waals surface area contributed by atoms with E-state index in [1.54, 1.807) is 0 Å². The molecule has 0 aliphatic carbocycles. The van der Waals surface area contributed by atoms with Crippen LogP contribution in [0.25, 0.3) is 11.3 Å². The van der Waals surface area contributed by atoms with Gasteiger partial charge in [0.1, 0.15) is 0 Å². The number of halogens is 1. The van der Waals surface area contributed by atoms with Gasteiger partial charge in [-0.15, -0.1) is 23.8 Å². The molecule has 0 N–H and O–H groups in total. The minimum Gasteiger partial charge on any atom is -0.305 e. The normalized spacial score (nSPS) is 16.8. The molecule has 0 atom stereocenters. The van der Waals surface area contributed by atoms with Crippen molar-refractivity contribution in [2.75, 3.05) is 0 Å². The van der Waals surface area contributed by atoms with Crippen LogP contribution in [0.1, 0.15) is 19.4 Å². The summed E-state index contributed by atoms with van der Waals surface area (Å²) in [7, 11) is -1.96. The van der Waals surface area contributed by atoms with Crippen molar-refractivity contribution >= 4 is 13.3 Å². The van der Waals surface area contributed by atoms with Gasteiger partial charge in [0.05, 0.1) is 8.07 Å². The Bertz CT molecular complexity index is 799. The second kappa shape index (κ2) is 6.29. The molecule has 0 saturated heterocycles. The van der Waals surface area contributed by atoms with Crippen LogP contribution in [0.4, 0.5) is 4.39 Å². The van der Waals surface area contributed by atoms with Crippen molar-refractivity contribution in [1.29, 1.82) is 0 Å². The average Bonchev–Trinajstić information content (AvgIpc) is 2.43. The molecule has 0 fully saturated rings. The van der Waals surface area contributed by atoms with Crippen LogP contribution < -0.4 is 5.19 Å². The van der Waals surface area contributed by atoms with E-state index >= 15 is 0 Å². The molecular weight excluding hydrogens is 445 g/mol. The third-order valence-electron chi connectivity index (χ3n) is 2.86. The number of hydrogen-bond acceptors (Lipinski definition) is 1. The molecule has 0 aliphatic heterocycles. The maximum Gasteiger partial charge on any atom is 0.0798 e. The Balaban J connectivity index is 0.00000338. The zero-order valence-electron chi connectivity index (χ0n) is 17.5. The summed E-state index contributed by atoms with van der Waals surface area (Å²) in [5.41, 5.74) is 0.0798. The Kier molecular flexibility index (Phi) is 3.14. The van der Waals surface area contributed by atoms with Crippen molar-refractivity contribution < 1.29 is 32.7 Å². The molecule has 1 radical (unpaired) electrons. The largest absolute Gasteiger partial charge is 0.305 e. The van der Waals surface area contributed by atoms with Gasteiger partial charge in [0.25, 0.3) is 0 Å². The van der Waals surface area contributed by atoms with Crippen molar-refractivity contribution in [3.05, 3.63) is 47.4 Å². The van der Waals surface area contributed by atoms with Crippen LogP contribution in [0.15, 0.2) is 24.4 Å². The van der Waals surface area contributed by atoms with Crippen LogP contribution in [-0.2, 0) is 20.1 Å². The molecule has 1 aromatic carbocycles. The van der Waals surface area contributed by atoms with E-state index in [1.807, 2.05) is 19.6 Å². The first-order chi connectivity index (χ1) is 11.2. The molecule has 0 saturated carbocycles. The second-order valence-corrected chi connectivity index (χ2v) is 10.5. The van der Waals surface area contributed by atoms with E-state index in [-0.39, 0.29) is 42.5 Å². The maximum atomic E-state index is 14.4. The predicted octanol–water partition coefficient (Wildman–Crippen LogP) is 3.85. The van der Waals surface area contributed by atoms with Gasteiger partial charge in [-0.05, 0) is 17.7 Å². The monoisotopic (exact) mass is 471 g/mol. The van der Waals surface area contributed by atoms with E-state index in [0.717, 1.165) is 6.07 Å². The predicted molar refractivity (Wildman–Crippen MR) is 80.9 cm³/mol. The smallest absolute Gasteiger partial charge is 0.0798 e. The number of aryl methyl sites for hydroxylation is 2. The van der Waals surface area contributed by atoms with Gasteiger partial charge in [-0.25, -0.2) is 0 Å². The Labute approximate surface area is 143 Å². The van der Waals surface area contributed by atoms with E-state index < -0.39 is 27.6 Å². The molecule has 0 aliphatic rings. The molecule has 109 valence electrons. The summed E-state index contributed by atoms with van der Waals surface area (Å²) < 4.78 is 59.6. The van der Waals surface area contributed by atoms with Gasteiger partial charge >= 0.3 is 0 Å². The van der Waals surface area contributed by atoms with Crippen molar-refractivity contribution in [3.8, 4) is 11.3 Å². The summed E-state index contributed by atoms with van der Waals surface area (Å²) in [5.74, 6) is -0.793. The number of benzene rings is 1. The van der Waals surface area contributed by atoms with Crippen molar-refractivity contribution in [3.63, 3.8) is 0 Å². The molecular formula is C16H19FIrNSi-. The number of pyridine rings is 1. The Morgan fingerprint density at radius 1 is 1.25 bits per heavy atom. The number of hydrogen-bond donors (Lipinski definition) is 0. The molecule has 4 heteroatoms. The molecule has 2 aromatic rings. The summed E-state index contributed by atoms with van der Waals surface area (Å²) in [6, 6.07) is 6.07. The first-order valence-electron chi connectivity index (χ1n) is 8.94. The van der Waals surface area contributed by atoms with Crippen LogP contribution in [0.3, 0.4) is 0 Å². The van der Waals surface area contributed by atoms with Crippen LogP contribution >= 0.6 is 0 Å². The van der Waals surface area contributed by atoms with Gasteiger partial charge in [0.15, 0.2) is 0 Å². The molecule has 0 unspecified atom stereocenters. The summed E-state index contributed by atoms with van der Waals surface area (Å²) in [6.07, 6.45) is 1.49. The molecule has 1 aromatic heterocycles. The van der Waals surface area contributed by atoms with Gasteiger partial charge < -0.3 is 4.98 Å². The Hall–Kier alpha value is -0.834. The number of aromatic nitrogens is 1. The molecule has 0 spiro atoms. The number of rotatable bonds is 2. The first-order valence-corrected chi connectivity index (χ1v) is 9.44. The molecule has 1 nitrogen and oxygen atoms in total. The molecule has 20 heavy (non-hydrogen) atoms. The SMILES string of the molecule is [2H]C([2H])([2H])c1c[c-]c(-c2cc(C([2H])([2H])[2H])c([Si](C)(C)C)cn2)c(F)c1.[Ir]. The van der Waals surface area contributed by atoms with Gasteiger partial charge in [-0.3, -0.25) is 4.39 Å². The van der Waals surface area contributed by atoms with Gasteiger partial charge in [-0.1, -0.05) is 43.7 Å². The zero-order valence-corrected chi connectivity index (χ0v) is 14.9. The third kappa shape index (κ3) is 3.63. The molecule has 0 amide bonds. The van der Waals surface area contributed by atoms with E-state index in [1.165, 1.54) is 18.3 Å². The summed E-state index contributed by atoms with van der Waals surface area (Å²) in [4.78, 5) is 4.22. The van der Waals surface area contributed by atoms with E-state index in [2.05, 4.69) is 11.1 Å². The third-order valence-corrected chi connectivity index (χ3v) is 4.88. The fraction of sp³-hybridized carbons (Fsp3) is 0.312. The van der Waals surface area contributed by atoms with Crippen LogP contribution in [0.2, 0.25) is 19.6 Å². The quantitative estimate of drug-likeness (QED) is 0.480. The van der Waals surface area contributed by atoms with Crippen LogP contribution in [0, 0.1) is 25.6 Å². The van der Waals surface area contributed by atoms with Crippen molar-refractivity contribution in [2.24, 2.45) is 0 Å². The van der Waals surface area contributed by atoms with E-state index in [9.17, 15) is 4.39 Å². The second-order valence-electron chi connectivity index (χ2n) is 5.48. The van der Waals surface area contributed by atoms with Gasteiger partial charge in [0, 0.05) is 40.3 Å². The summed E-state index contributed by atoms with van der Waals surface area (Å²) in [6.45, 7) is 1.25. The standard InChI is InChI=1S/C16H19FNSi.Ir/c1-11-6-7-13(14(17)8-11)15-9-12(2)16(10-18-15)19(3,4)5;/h6,8-10H,1-5H3;/q-1;/i1D3,2D3;. The fourth-order valence-corrected chi connectivity index (χ4v) is 3.19. The Morgan fingerprint density at radius 2 is 2.00 bits per heavy atom. The maximum absolute atomic E-state index is 14.4. The topological polar surface area (TPSA) is 12.9 Å². The zero-order chi connectivity index (χ0) is 19.2. The van der Waals surface area contributed by atoms with Gasteiger partial charge in [0.2, 0.25) is 0 Å². The van der Waals surface area contributed by atoms with Gasteiger partial charge in [-0.2, -0.15) is 0 Å². The minimum absolute atomic E-state index is 0. The summed E-state index contributed by atoms with van der Waals surface area (Å²) in [5, 5.41) is 0.691. The molecule has 1 heterocycles. The van der Waals surface area contributed by atoms with E-state index in [4.69, 9.17) is 8.22 Å². The average molecular weight is 471 g/mol.